The molecule has 0 aromatic carbocycles. The summed E-state index contributed by atoms with van der Waals surface area (Å²) >= 11 is 0. The summed E-state index contributed by atoms with van der Waals surface area (Å²) in [6.45, 7) is 2.02. The van der Waals surface area contributed by atoms with Crippen molar-refractivity contribution in [2.45, 2.75) is 63.7 Å². The van der Waals surface area contributed by atoms with Gasteiger partial charge in [-0.1, -0.05) is 26.2 Å². The van der Waals surface area contributed by atoms with Crippen LogP contribution in [0.1, 0.15) is 45.4 Å². The number of carbonyl (C=O) groups excluding carboxylic acids is 2. The normalized spacial score (nSPS) is 24.0. The second-order valence-electron chi connectivity index (χ2n) is 4.77. The summed E-state index contributed by atoms with van der Waals surface area (Å²) in [6.07, 6.45) is -2.52. The van der Waals surface area contributed by atoms with Gasteiger partial charge in [0.15, 0.2) is 0 Å². The van der Waals surface area contributed by atoms with Crippen molar-refractivity contribution in [1.29, 1.82) is 0 Å². The van der Waals surface area contributed by atoms with Gasteiger partial charge in [-0.15, -0.1) is 0 Å². The van der Waals surface area contributed by atoms with Crippen LogP contribution in [0.4, 0.5) is 13.2 Å². The summed E-state index contributed by atoms with van der Waals surface area (Å²) in [4.78, 5) is 23.3. The van der Waals surface area contributed by atoms with Crippen molar-refractivity contribution in [2.75, 3.05) is 0 Å². The van der Waals surface area contributed by atoms with Crippen LogP contribution in [0.3, 0.4) is 0 Å². The van der Waals surface area contributed by atoms with Crippen LogP contribution in [0.25, 0.3) is 0 Å². The van der Waals surface area contributed by atoms with Gasteiger partial charge in [-0.2, -0.15) is 13.2 Å². The van der Waals surface area contributed by atoms with Crippen molar-refractivity contribution in [1.82, 2.24) is 10.6 Å². The molecule has 0 radical (unpaired) electrons. The highest BCUT2D eigenvalue weighted by atomic mass is 19.4. The Balaban J connectivity index is 2.42. The monoisotopic (exact) mass is 280 g/mol. The Labute approximate surface area is 110 Å². The lowest BCUT2D eigenvalue weighted by molar-refractivity contribution is -0.145. The third-order valence-electron chi connectivity index (χ3n) is 3.08. The fourth-order valence-corrected chi connectivity index (χ4v) is 1.99. The maximum Gasteiger partial charge on any atom is 0.389 e. The van der Waals surface area contributed by atoms with E-state index in [2.05, 4.69) is 10.6 Å². The Kier molecular flexibility index (Phi) is 5.62. The molecule has 19 heavy (non-hydrogen) atoms. The largest absolute Gasteiger partial charge is 0.389 e. The van der Waals surface area contributed by atoms with Gasteiger partial charge in [0.1, 0.15) is 12.1 Å². The molecule has 1 rings (SSSR count). The molecule has 2 atom stereocenters. The molecule has 1 aliphatic heterocycles. The third-order valence-corrected chi connectivity index (χ3v) is 3.08. The zero-order valence-corrected chi connectivity index (χ0v) is 10.8. The first-order chi connectivity index (χ1) is 8.83. The molecule has 110 valence electrons. The number of alkyl halides is 3. The molecule has 1 fully saturated rings. The zero-order chi connectivity index (χ0) is 14.5. The molecule has 0 aliphatic carbocycles. The van der Waals surface area contributed by atoms with Crippen molar-refractivity contribution >= 4 is 11.8 Å². The average Bonchev–Trinajstić information content (AvgIpc) is 2.30. The van der Waals surface area contributed by atoms with Crippen LogP contribution in [0.2, 0.25) is 0 Å². The molecule has 2 N–H and O–H groups in total. The summed E-state index contributed by atoms with van der Waals surface area (Å²) in [5, 5.41) is 4.86. The van der Waals surface area contributed by atoms with E-state index in [1.54, 1.807) is 0 Å². The molecule has 0 saturated carbocycles. The molecule has 2 amide bonds. The molecule has 2 unspecified atom stereocenters. The predicted molar refractivity (Wildman–Crippen MR) is 63.3 cm³/mol. The molecular formula is C12H19F3N2O2. The van der Waals surface area contributed by atoms with Crippen LogP contribution in [0.15, 0.2) is 0 Å². The van der Waals surface area contributed by atoms with Crippen LogP contribution in [-0.2, 0) is 9.59 Å². The minimum absolute atomic E-state index is 0.386. The first-order valence-electron chi connectivity index (χ1n) is 6.51. The molecule has 1 heterocycles. The lowest BCUT2D eigenvalue weighted by atomic mass is 10.0. The fourth-order valence-electron chi connectivity index (χ4n) is 1.99. The van der Waals surface area contributed by atoms with Crippen molar-refractivity contribution in [2.24, 2.45) is 0 Å². The number of hydrogen-bond donors (Lipinski definition) is 2. The van der Waals surface area contributed by atoms with Crippen LogP contribution in [-0.4, -0.2) is 30.1 Å². The molecule has 4 nitrogen and oxygen atoms in total. The van der Waals surface area contributed by atoms with E-state index < -0.39 is 37.0 Å². The Hall–Kier alpha value is -1.27. The number of halogens is 3. The molecule has 7 heteroatoms. The first-order valence-corrected chi connectivity index (χ1v) is 6.51. The fraction of sp³-hybridized carbons (Fsp3) is 0.833. The van der Waals surface area contributed by atoms with E-state index in [-0.39, 0.29) is 5.91 Å². The second kappa shape index (κ2) is 6.77. The maximum absolute atomic E-state index is 12.1. The number of amides is 2. The van der Waals surface area contributed by atoms with Gasteiger partial charge in [-0.3, -0.25) is 9.59 Å². The van der Waals surface area contributed by atoms with E-state index in [1.807, 2.05) is 6.92 Å². The average molecular weight is 280 g/mol. The van der Waals surface area contributed by atoms with Crippen molar-refractivity contribution in [3.05, 3.63) is 0 Å². The summed E-state index contributed by atoms with van der Waals surface area (Å²) in [5.41, 5.74) is 0. The summed E-state index contributed by atoms with van der Waals surface area (Å²) in [7, 11) is 0. The van der Waals surface area contributed by atoms with E-state index in [9.17, 15) is 22.8 Å². The highest BCUT2D eigenvalue weighted by Gasteiger charge is 2.36. The highest BCUT2D eigenvalue weighted by molar-refractivity contribution is 5.96. The quantitative estimate of drug-likeness (QED) is 0.730. The topological polar surface area (TPSA) is 58.2 Å². The van der Waals surface area contributed by atoms with Crippen LogP contribution >= 0.6 is 0 Å². The number of rotatable bonds is 6. The minimum Gasteiger partial charge on any atom is -0.343 e. The van der Waals surface area contributed by atoms with Gasteiger partial charge >= 0.3 is 6.18 Å². The van der Waals surface area contributed by atoms with Gasteiger partial charge in [-0.25, -0.2) is 0 Å². The molecule has 0 bridgehead atoms. The van der Waals surface area contributed by atoms with E-state index in [0.29, 0.717) is 6.42 Å². The smallest absolute Gasteiger partial charge is 0.343 e. The molecule has 0 spiro atoms. The van der Waals surface area contributed by atoms with Gasteiger partial charge in [0.05, 0.1) is 0 Å². The molecule has 0 aromatic heterocycles. The van der Waals surface area contributed by atoms with Crippen LogP contribution in [0.5, 0.6) is 0 Å². The van der Waals surface area contributed by atoms with E-state index in [1.165, 1.54) is 0 Å². The summed E-state index contributed by atoms with van der Waals surface area (Å²) in [6, 6.07) is -1.68. The number of piperazine rings is 1. The number of carbonyl (C=O) groups is 2. The number of hydrogen-bond acceptors (Lipinski definition) is 2. The zero-order valence-electron chi connectivity index (χ0n) is 10.8. The van der Waals surface area contributed by atoms with E-state index in [4.69, 9.17) is 0 Å². The van der Waals surface area contributed by atoms with Crippen LogP contribution < -0.4 is 10.6 Å². The van der Waals surface area contributed by atoms with Crippen molar-refractivity contribution < 1.29 is 22.8 Å². The maximum atomic E-state index is 12.1. The van der Waals surface area contributed by atoms with E-state index in [0.717, 1.165) is 19.3 Å². The van der Waals surface area contributed by atoms with E-state index >= 15 is 0 Å². The second-order valence-corrected chi connectivity index (χ2v) is 4.77. The molecular weight excluding hydrogens is 261 g/mol. The lowest BCUT2D eigenvalue weighted by Gasteiger charge is -2.29. The first kappa shape index (κ1) is 15.8. The van der Waals surface area contributed by atoms with Gasteiger partial charge in [0, 0.05) is 6.42 Å². The van der Waals surface area contributed by atoms with Crippen LogP contribution in [0, 0.1) is 0 Å². The number of unbranched alkanes of at least 4 members (excludes halogenated alkanes) is 2. The van der Waals surface area contributed by atoms with Gasteiger partial charge < -0.3 is 10.6 Å². The van der Waals surface area contributed by atoms with Gasteiger partial charge in [0.25, 0.3) is 0 Å². The Morgan fingerprint density at radius 1 is 1.00 bits per heavy atom. The highest BCUT2D eigenvalue weighted by Crippen LogP contribution is 2.23. The Bertz CT molecular complexity index is 331. The summed E-state index contributed by atoms with van der Waals surface area (Å²) in [5.74, 6) is -0.909. The molecule has 0 aromatic rings. The predicted octanol–water partition coefficient (Wildman–Crippen LogP) is 1.89. The lowest BCUT2D eigenvalue weighted by Crippen LogP contribution is -2.61. The molecule has 1 saturated heterocycles. The van der Waals surface area contributed by atoms with Gasteiger partial charge in [-0.05, 0) is 12.8 Å². The summed E-state index contributed by atoms with van der Waals surface area (Å²) < 4.78 is 36.2. The Morgan fingerprint density at radius 2 is 1.53 bits per heavy atom. The Morgan fingerprint density at radius 3 is 2.00 bits per heavy atom. The number of nitrogens with one attached hydrogen (secondary N) is 2. The van der Waals surface area contributed by atoms with Gasteiger partial charge in [0.2, 0.25) is 11.8 Å². The molecule has 1 aliphatic rings. The minimum atomic E-state index is -4.32. The van der Waals surface area contributed by atoms with Crippen molar-refractivity contribution in [3.63, 3.8) is 0 Å². The standard InChI is InChI=1S/C12H19F3N2O2/c1-2-3-4-5-8-10(18)17-9(11(19)16-8)6-7-12(13,14)15/h8-9H,2-7H2,1H3,(H,16,19)(H,17,18). The van der Waals surface area contributed by atoms with Crippen molar-refractivity contribution in [3.8, 4) is 0 Å². The third kappa shape index (κ3) is 5.48. The SMILES string of the molecule is CCCCCC1NC(=O)C(CCC(F)(F)F)NC1=O.